The van der Waals surface area contributed by atoms with E-state index in [0.29, 0.717) is 25.5 Å². The number of aromatic nitrogens is 5. The average Bonchev–Trinajstić information content (AvgIpc) is 3.13. The molecule has 3 aromatic rings. The van der Waals surface area contributed by atoms with Crippen LogP contribution < -0.4 is 10.2 Å². The summed E-state index contributed by atoms with van der Waals surface area (Å²) in [7, 11) is 0. The highest BCUT2D eigenvalue weighted by atomic mass is 16.5. The Labute approximate surface area is 150 Å². The highest BCUT2D eigenvalue weighted by Gasteiger charge is 2.15. The quantitative estimate of drug-likeness (QED) is 0.733. The van der Waals surface area contributed by atoms with Gasteiger partial charge in [-0.2, -0.15) is 4.98 Å². The lowest BCUT2D eigenvalue weighted by atomic mass is 10.2. The number of fused-ring (bicyclic) bond motifs is 1. The van der Waals surface area contributed by atoms with E-state index in [1.165, 1.54) is 0 Å². The third-order valence-electron chi connectivity index (χ3n) is 4.23. The maximum absolute atomic E-state index is 12.4. The van der Waals surface area contributed by atoms with Gasteiger partial charge in [0.1, 0.15) is 5.82 Å². The van der Waals surface area contributed by atoms with Gasteiger partial charge in [-0.05, 0) is 30.7 Å². The van der Waals surface area contributed by atoms with Gasteiger partial charge in [-0.3, -0.25) is 4.79 Å². The molecule has 4 heterocycles. The number of carbonyl (C=O) groups is 1. The molecule has 3 aromatic heterocycles. The van der Waals surface area contributed by atoms with Crippen LogP contribution in [0.5, 0.6) is 0 Å². The minimum atomic E-state index is -0.334. The molecule has 1 aliphatic rings. The number of anilines is 1. The third kappa shape index (κ3) is 3.33. The predicted octanol–water partition coefficient (Wildman–Crippen LogP) is 0.594. The number of hydrogen-bond acceptors (Lipinski definition) is 7. The fourth-order valence-electron chi connectivity index (χ4n) is 2.80. The first kappa shape index (κ1) is 16.4. The van der Waals surface area contributed by atoms with Gasteiger partial charge in [-0.25, -0.2) is 14.5 Å². The van der Waals surface area contributed by atoms with Crippen LogP contribution in [0.2, 0.25) is 0 Å². The Bertz CT molecular complexity index is 934. The molecule has 1 fully saturated rings. The SMILES string of the molecule is Cc1ccnc2nc(C(=O)NCc3ccnc(N4CCOCC4)c3)nn12. The summed E-state index contributed by atoms with van der Waals surface area (Å²) in [6.07, 6.45) is 3.40. The Morgan fingerprint density at radius 2 is 2.04 bits per heavy atom. The van der Waals surface area contributed by atoms with Crippen LogP contribution in [0.1, 0.15) is 21.9 Å². The van der Waals surface area contributed by atoms with Crippen LogP contribution in [0, 0.1) is 6.92 Å². The number of carbonyl (C=O) groups excluding carboxylic acids is 1. The molecule has 0 aliphatic carbocycles. The van der Waals surface area contributed by atoms with Gasteiger partial charge in [0.05, 0.1) is 13.2 Å². The molecule has 0 unspecified atom stereocenters. The standard InChI is InChI=1S/C17H19N7O2/c1-12-2-4-19-17-21-15(22-24(12)17)16(25)20-11-13-3-5-18-14(10-13)23-6-8-26-9-7-23/h2-5,10H,6-9,11H2,1H3,(H,20,25). The fourth-order valence-corrected chi connectivity index (χ4v) is 2.80. The molecule has 0 bridgehead atoms. The lowest BCUT2D eigenvalue weighted by Gasteiger charge is -2.28. The van der Waals surface area contributed by atoms with E-state index in [4.69, 9.17) is 4.74 Å². The third-order valence-corrected chi connectivity index (χ3v) is 4.23. The molecule has 26 heavy (non-hydrogen) atoms. The Morgan fingerprint density at radius 1 is 1.23 bits per heavy atom. The minimum absolute atomic E-state index is 0.106. The van der Waals surface area contributed by atoms with E-state index in [1.54, 1.807) is 16.9 Å². The summed E-state index contributed by atoms with van der Waals surface area (Å²) in [6.45, 7) is 5.31. The lowest BCUT2D eigenvalue weighted by molar-refractivity contribution is 0.0940. The van der Waals surface area contributed by atoms with Crippen LogP contribution in [-0.4, -0.2) is 56.8 Å². The van der Waals surface area contributed by atoms with Gasteiger partial charge in [0.15, 0.2) is 0 Å². The maximum Gasteiger partial charge on any atom is 0.291 e. The highest BCUT2D eigenvalue weighted by Crippen LogP contribution is 2.14. The number of nitrogens with one attached hydrogen (secondary N) is 1. The van der Waals surface area contributed by atoms with Crippen LogP contribution >= 0.6 is 0 Å². The van der Waals surface area contributed by atoms with Crippen LogP contribution in [0.3, 0.4) is 0 Å². The summed E-state index contributed by atoms with van der Waals surface area (Å²) in [5.74, 6) is 1.08. The summed E-state index contributed by atoms with van der Waals surface area (Å²) in [4.78, 5) is 27.2. The molecule has 4 rings (SSSR count). The van der Waals surface area contributed by atoms with E-state index >= 15 is 0 Å². The predicted molar refractivity (Wildman–Crippen MR) is 94.0 cm³/mol. The molecule has 9 heteroatoms. The number of nitrogens with zero attached hydrogens (tertiary/aromatic N) is 6. The number of amides is 1. The summed E-state index contributed by atoms with van der Waals surface area (Å²) >= 11 is 0. The Balaban J connectivity index is 1.44. The molecule has 0 aromatic carbocycles. The van der Waals surface area contributed by atoms with Crippen molar-refractivity contribution in [1.82, 2.24) is 29.9 Å². The van der Waals surface area contributed by atoms with Crippen molar-refractivity contribution in [3.63, 3.8) is 0 Å². The van der Waals surface area contributed by atoms with E-state index in [2.05, 4.69) is 30.3 Å². The van der Waals surface area contributed by atoms with Gasteiger partial charge in [-0.15, -0.1) is 5.10 Å². The second-order valence-corrected chi connectivity index (χ2v) is 6.04. The monoisotopic (exact) mass is 353 g/mol. The van der Waals surface area contributed by atoms with E-state index in [9.17, 15) is 4.79 Å². The zero-order valence-electron chi connectivity index (χ0n) is 14.4. The molecule has 1 saturated heterocycles. The smallest absolute Gasteiger partial charge is 0.291 e. The van der Waals surface area contributed by atoms with Crippen molar-refractivity contribution in [1.29, 1.82) is 0 Å². The van der Waals surface area contributed by atoms with Crippen molar-refractivity contribution in [2.24, 2.45) is 0 Å². The molecule has 1 N–H and O–H groups in total. The van der Waals surface area contributed by atoms with Crippen molar-refractivity contribution >= 4 is 17.5 Å². The first-order chi connectivity index (χ1) is 12.7. The van der Waals surface area contributed by atoms with E-state index in [0.717, 1.165) is 30.2 Å². The lowest BCUT2D eigenvalue weighted by Crippen LogP contribution is -2.36. The maximum atomic E-state index is 12.4. The van der Waals surface area contributed by atoms with Gasteiger partial charge < -0.3 is 15.0 Å². The Hall–Kier alpha value is -3.07. The van der Waals surface area contributed by atoms with E-state index < -0.39 is 0 Å². The molecule has 9 nitrogen and oxygen atoms in total. The fraction of sp³-hybridized carbons (Fsp3) is 0.353. The highest BCUT2D eigenvalue weighted by molar-refractivity contribution is 5.90. The van der Waals surface area contributed by atoms with Gasteiger partial charge in [0, 0.05) is 37.7 Å². The molecular formula is C17H19N7O2. The Kier molecular flexibility index (Phi) is 4.44. The van der Waals surface area contributed by atoms with Crippen LogP contribution in [-0.2, 0) is 11.3 Å². The van der Waals surface area contributed by atoms with Crippen molar-refractivity contribution in [2.45, 2.75) is 13.5 Å². The molecule has 0 spiro atoms. The minimum Gasteiger partial charge on any atom is -0.378 e. The van der Waals surface area contributed by atoms with Crippen LogP contribution in [0.15, 0.2) is 30.6 Å². The summed E-state index contributed by atoms with van der Waals surface area (Å²) < 4.78 is 6.92. The summed E-state index contributed by atoms with van der Waals surface area (Å²) in [5.41, 5.74) is 1.83. The number of rotatable bonds is 4. The van der Waals surface area contributed by atoms with Gasteiger partial charge in [0.2, 0.25) is 5.82 Å². The number of pyridine rings is 1. The van der Waals surface area contributed by atoms with Crippen LogP contribution in [0.25, 0.3) is 5.78 Å². The first-order valence-electron chi connectivity index (χ1n) is 8.45. The molecule has 134 valence electrons. The molecule has 0 atom stereocenters. The zero-order valence-corrected chi connectivity index (χ0v) is 14.4. The topological polar surface area (TPSA) is 97.5 Å². The van der Waals surface area contributed by atoms with Crippen molar-refractivity contribution < 1.29 is 9.53 Å². The second-order valence-electron chi connectivity index (χ2n) is 6.04. The average molecular weight is 353 g/mol. The molecule has 0 saturated carbocycles. The summed E-state index contributed by atoms with van der Waals surface area (Å²) in [6, 6.07) is 5.68. The van der Waals surface area contributed by atoms with E-state index in [1.807, 2.05) is 25.1 Å². The summed E-state index contributed by atoms with van der Waals surface area (Å²) in [5, 5.41) is 7.06. The molecular weight excluding hydrogens is 334 g/mol. The molecule has 1 amide bonds. The van der Waals surface area contributed by atoms with Crippen molar-refractivity contribution in [2.75, 3.05) is 31.2 Å². The number of aryl methyl sites for hydroxylation is 1. The normalized spacial score (nSPS) is 14.6. The van der Waals surface area contributed by atoms with Crippen LogP contribution in [0.4, 0.5) is 5.82 Å². The van der Waals surface area contributed by atoms with Gasteiger partial charge in [0.25, 0.3) is 11.7 Å². The Morgan fingerprint density at radius 3 is 2.85 bits per heavy atom. The number of morpholine rings is 1. The number of hydrogen-bond donors (Lipinski definition) is 1. The molecule has 1 aliphatic heterocycles. The largest absolute Gasteiger partial charge is 0.378 e. The zero-order chi connectivity index (χ0) is 17.9. The van der Waals surface area contributed by atoms with E-state index in [-0.39, 0.29) is 11.7 Å². The second kappa shape index (κ2) is 7.04. The number of ether oxygens (including phenoxy) is 1. The van der Waals surface area contributed by atoms with Crippen molar-refractivity contribution in [3.8, 4) is 0 Å². The molecule has 0 radical (unpaired) electrons. The van der Waals surface area contributed by atoms with Gasteiger partial charge >= 0.3 is 0 Å². The van der Waals surface area contributed by atoms with Gasteiger partial charge in [-0.1, -0.05) is 0 Å². The van der Waals surface area contributed by atoms with Crippen molar-refractivity contribution in [3.05, 3.63) is 47.7 Å². The first-order valence-corrected chi connectivity index (χ1v) is 8.45.